The number of carbonyl (C=O) groups is 3. The van der Waals surface area contributed by atoms with Crippen LogP contribution in [0.2, 0.25) is 0 Å². The van der Waals surface area contributed by atoms with Crippen LogP contribution < -0.4 is 0 Å². The van der Waals surface area contributed by atoms with E-state index in [1.165, 1.54) is 6.08 Å². The highest BCUT2D eigenvalue weighted by atomic mass is 32.2. The number of fused-ring (bicyclic) bond motifs is 1. The van der Waals surface area contributed by atoms with Crippen LogP contribution in [0.25, 0.3) is 0 Å². The second-order valence-corrected chi connectivity index (χ2v) is 10.9. The Labute approximate surface area is 201 Å². The predicted octanol–water partition coefficient (Wildman–Crippen LogP) is 2.64. The highest BCUT2D eigenvalue weighted by Crippen LogP contribution is 2.69. The van der Waals surface area contributed by atoms with Crippen LogP contribution in [0.4, 0.5) is 0 Å². The Kier molecular flexibility index (Phi) is 8.32. The van der Waals surface area contributed by atoms with Crippen LogP contribution in [0.1, 0.15) is 46.5 Å². The van der Waals surface area contributed by atoms with Crippen molar-refractivity contribution in [2.45, 2.75) is 68.5 Å². The van der Waals surface area contributed by atoms with Crippen molar-refractivity contribution in [3.63, 3.8) is 0 Å². The SMILES string of the molecule is C=CCOC(=O)[C@@H]1[C@@H]2CC(C)C3(S2)C(C(=O)N(CC=C)CCCC)N([C@@H](CC)CO)C(=O)[C@H]13. The normalized spacial score (nSPS) is 33.0. The third-order valence-electron chi connectivity index (χ3n) is 7.55. The number of carbonyl (C=O) groups excluding carboxylic acids is 3. The molecule has 1 N–H and O–H groups in total. The summed E-state index contributed by atoms with van der Waals surface area (Å²) in [5.74, 6) is -1.83. The van der Waals surface area contributed by atoms with Crippen LogP contribution in [-0.4, -0.2) is 81.1 Å². The molecule has 0 radical (unpaired) electrons. The molecule has 8 heteroatoms. The topological polar surface area (TPSA) is 87.2 Å². The van der Waals surface area contributed by atoms with E-state index in [0.717, 1.165) is 19.3 Å². The lowest BCUT2D eigenvalue weighted by Crippen LogP contribution is -2.59. The number of ether oxygens (including phenoxy) is 1. The molecule has 0 saturated carbocycles. The van der Waals surface area contributed by atoms with E-state index in [4.69, 9.17) is 4.74 Å². The van der Waals surface area contributed by atoms with Gasteiger partial charge in [0.1, 0.15) is 12.6 Å². The molecule has 0 aromatic heterocycles. The predicted molar refractivity (Wildman–Crippen MR) is 130 cm³/mol. The standard InChI is InChI=1S/C25H38N2O5S/c1-6-10-12-26(11-7-2)23(30)21-25-16(5)14-18(33-25)19(24(31)32-13-8-3)20(25)22(29)27(21)17(9-4)15-28/h7-8,16-21,28H,2-3,6,9-15H2,1,4-5H3/t16?,17-,18-,19+,20-,21?,25?/m0/s1. The van der Waals surface area contributed by atoms with Crippen molar-refractivity contribution < 1.29 is 24.2 Å². The Hall–Kier alpha value is -1.80. The molecule has 3 saturated heterocycles. The summed E-state index contributed by atoms with van der Waals surface area (Å²) in [6, 6.07) is -1.19. The van der Waals surface area contributed by atoms with Crippen molar-refractivity contribution in [2.24, 2.45) is 17.8 Å². The van der Waals surface area contributed by atoms with Crippen LogP contribution in [-0.2, 0) is 19.1 Å². The minimum atomic E-state index is -0.717. The summed E-state index contributed by atoms with van der Waals surface area (Å²) in [6.45, 7) is 14.4. The van der Waals surface area contributed by atoms with E-state index in [1.807, 2.05) is 6.92 Å². The van der Waals surface area contributed by atoms with Gasteiger partial charge in [0.15, 0.2) is 0 Å². The zero-order chi connectivity index (χ0) is 24.3. The highest BCUT2D eigenvalue weighted by Gasteiger charge is 2.77. The fraction of sp³-hybridized carbons (Fsp3) is 0.720. The van der Waals surface area contributed by atoms with Crippen molar-refractivity contribution in [1.29, 1.82) is 0 Å². The monoisotopic (exact) mass is 478 g/mol. The van der Waals surface area contributed by atoms with Gasteiger partial charge in [-0.05, 0) is 25.2 Å². The molecule has 3 fully saturated rings. The van der Waals surface area contributed by atoms with Gasteiger partial charge in [-0.1, -0.05) is 45.9 Å². The summed E-state index contributed by atoms with van der Waals surface area (Å²) in [7, 11) is 0. The smallest absolute Gasteiger partial charge is 0.311 e. The molecule has 33 heavy (non-hydrogen) atoms. The summed E-state index contributed by atoms with van der Waals surface area (Å²) >= 11 is 1.63. The molecule has 3 rings (SSSR count). The van der Waals surface area contributed by atoms with Crippen LogP contribution in [0.5, 0.6) is 0 Å². The maximum absolute atomic E-state index is 14.1. The molecule has 7 atom stereocenters. The molecular weight excluding hydrogens is 440 g/mol. The van der Waals surface area contributed by atoms with E-state index in [2.05, 4.69) is 27.0 Å². The molecule has 0 aliphatic carbocycles. The summed E-state index contributed by atoms with van der Waals surface area (Å²) < 4.78 is 4.70. The van der Waals surface area contributed by atoms with Crippen molar-refractivity contribution in [1.82, 2.24) is 9.80 Å². The number of esters is 1. The molecule has 3 aliphatic heterocycles. The van der Waals surface area contributed by atoms with Gasteiger partial charge in [-0.15, -0.1) is 18.3 Å². The largest absolute Gasteiger partial charge is 0.461 e. The Morgan fingerprint density at radius 1 is 1.36 bits per heavy atom. The number of thioether (sulfide) groups is 1. The Balaban J connectivity index is 2.08. The van der Waals surface area contributed by atoms with Gasteiger partial charge in [-0.3, -0.25) is 14.4 Å². The molecule has 7 nitrogen and oxygen atoms in total. The second-order valence-electron chi connectivity index (χ2n) is 9.39. The van der Waals surface area contributed by atoms with Crippen LogP contribution in [0.15, 0.2) is 25.3 Å². The zero-order valence-electron chi connectivity index (χ0n) is 20.1. The first kappa shape index (κ1) is 25.8. The number of hydrogen-bond donors (Lipinski definition) is 1. The number of nitrogens with zero attached hydrogens (tertiary/aromatic N) is 2. The molecule has 2 bridgehead atoms. The van der Waals surface area contributed by atoms with Gasteiger partial charge in [0.25, 0.3) is 0 Å². The first-order valence-electron chi connectivity index (χ1n) is 12.1. The Bertz CT molecular complexity index is 785. The molecule has 1 spiro atoms. The van der Waals surface area contributed by atoms with E-state index in [0.29, 0.717) is 19.5 Å². The second kappa shape index (κ2) is 10.6. The molecule has 0 aromatic rings. The van der Waals surface area contributed by atoms with Crippen molar-refractivity contribution in [3.8, 4) is 0 Å². The Morgan fingerprint density at radius 2 is 2.09 bits per heavy atom. The van der Waals surface area contributed by atoms with E-state index in [-0.39, 0.29) is 36.2 Å². The maximum atomic E-state index is 14.1. The zero-order valence-corrected chi connectivity index (χ0v) is 20.9. The molecular formula is C25H38N2O5S. The lowest BCUT2D eigenvalue weighted by molar-refractivity contribution is -0.154. The lowest BCUT2D eigenvalue weighted by Gasteiger charge is -2.42. The quantitative estimate of drug-likeness (QED) is 0.343. The molecule has 3 unspecified atom stereocenters. The molecule has 2 amide bonds. The van der Waals surface area contributed by atoms with E-state index < -0.39 is 34.6 Å². The van der Waals surface area contributed by atoms with Crippen molar-refractivity contribution in [3.05, 3.63) is 25.3 Å². The molecule has 3 heterocycles. The van der Waals surface area contributed by atoms with Gasteiger partial charge < -0.3 is 19.6 Å². The molecule has 3 aliphatic rings. The number of hydrogen-bond acceptors (Lipinski definition) is 6. The average Bonchev–Trinajstić information content (AvgIpc) is 3.39. The third-order valence-corrected chi connectivity index (χ3v) is 9.63. The van der Waals surface area contributed by atoms with Gasteiger partial charge in [0.05, 0.1) is 29.2 Å². The van der Waals surface area contributed by atoms with Crippen molar-refractivity contribution in [2.75, 3.05) is 26.3 Å². The Morgan fingerprint density at radius 3 is 2.67 bits per heavy atom. The first-order valence-corrected chi connectivity index (χ1v) is 13.0. The van der Waals surface area contributed by atoms with Crippen molar-refractivity contribution >= 4 is 29.5 Å². The summed E-state index contributed by atoms with van der Waals surface area (Å²) in [5, 5.41) is 10.1. The van der Waals surface area contributed by atoms with E-state index in [9.17, 15) is 19.5 Å². The van der Waals surface area contributed by atoms with Crippen LogP contribution >= 0.6 is 11.8 Å². The van der Waals surface area contributed by atoms with Crippen LogP contribution in [0.3, 0.4) is 0 Å². The van der Waals surface area contributed by atoms with Gasteiger partial charge in [-0.2, -0.15) is 0 Å². The van der Waals surface area contributed by atoms with Crippen LogP contribution in [0, 0.1) is 17.8 Å². The third kappa shape index (κ3) is 4.14. The number of unbranched alkanes of at least 4 members (excludes halogenated alkanes) is 1. The average molecular weight is 479 g/mol. The van der Waals surface area contributed by atoms with Gasteiger partial charge in [0, 0.05) is 18.3 Å². The first-order chi connectivity index (χ1) is 15.8. The number of aliphatic hydroxyl groups is 1. The van der Waals surface area contributed by atoms with Gasteiger partial charge in [0.2, 0.25) is 11.8 Å². The van der Waals surface area contributed by atoms with Gasteiger partial charge in [-0.25, -0.2) is 0 Å². The summed E-state index contributed by atoms with van der Waals surface area (Å²) in [4.78, 5) is 44.5. The number of amides is 2. The maximum Gasteiger partial charge on any atom is 0.311 e. The lowest BCUT2D eigenvalue weighted by atomic mass is 9.66. The number of aliphatic hydroxyl groups excluding tert-OH is 1. The molecule has 0 aromatic carbocycles. The van der Waals surface area contributed by atoms with E-state index in [1.54, 1.807) is 27.6 Å². The highest BCUT2D eigenvalue weighted by molar-refractivity contribution is 8.02. The number of rotatable bonds is 12. The minimum absolute atomic E-state index is 0.0542. The summed E-state index contributed by atoms with van der Waals surface area (Å²) in [6.07, 6.45) is 6.32. The number of likely N-dealkylation sites (tertiary alicyclic amines) is 1. The summed E-state index contributed by atoms with van der Waals surface area (Å²) in [5.41, 5.74) is 0. The minimum Gasteiger partial charge on any atom is -0.461 e. The van der Waals surface area contributed by atoms with E-state index >= 15 is 0 Å². The fourth-order valence-electron chi connectivity index (χ4n) is 6.02. The molecule has 184 valence electrons. The fourth-order valence-corrected chi connectivity index (χ4v) is 8.41. The van der Waals surface area contributed by atoms with Gasteiger partial charge >= 0.3 is 5.97 Å².